The molecule has 52 valence electrons. The molecule has 1 aromatic heterocycles. The van der Waals surface area contributed by atoms with Gasteiger partial charge in [-0.15, -0.1) is 0 Å². The normalized spacial score (nSPS) is 7.78. The van der Waals surface area contributed by atoms with Crippen molar-refractivity contribution in [3.05, 3.63) is 30.6 Å². The fraction of sp³-hybridized carbons (Fsp3) is 0. The third-order valence-electron chi connectivity index (χ3n) is 0.517. The van der Waals surface area contributed by atoms with E-state index >= 15 is 0 Å². The Balaban J connectivity index is 0.000000187. The molecule has 0 aliphatic carbocycles. The van der Waals surface area contributed by atoms with Crippen LogP contribution in [0.4, 0.5) is 0 Å². The molecule has 4 heteroatoms. The molecule has 0 atom stereocenters. The standard InChI is InChI=1S/C5H4N.2ClH.Co/c1-2-4-6-5-3-1;;;/h1-4H;2*1H;/q-1;;;+3/p-2. The molecular weight excluding hydrogens is 204 g/mol. The molecule has 0 saturated heterocycles. The van der Waals surface area contributed by atoms with E-state index in [-0.39, 0.29) is 0 Å². The van der Waals surface area contributed by atoms with Gasteiger partial charge in [-0.05, 0) is 0 Å². The molecule has 1 rings (SSSR count). The molecule has 0 spiro atoms. The van der Waals surface area contributed by atoms with Crippen LogP contribution in [0, 0.1) is 6.20 Å². The summed E-state index contributed by atoms with van der Waals surface area (Å²) in [4.78, 5) is 3.66. The van der Waals surface area contributed by atoms with E-state index in [0.717, 1.165) is 0 Å². The maximum Gasteiger partial charge on any atom is -0.0813 e. The summed E-state index contributed by atoms with van der Waals surface area (Å²) in [5.41, 5.74) is 0. The summed E-state index contributed by atoms with van der Waals surface area (Å²) in [6, 6.07) is 5.50. The van der Waals surface area contributed by atoms with Gasteiger partial charge in [0.15, 0.2) is 0 Å². The van der Waals surface area contributed by atoms with Crippen LogP contribution in [-0.4, -0.2) is 4.98 Å². The van der Waals surface area contributed by atoms with Crippen LogP contribution in [0.5, 0.6) is 0 Å². The Morgan fingerprint density at radius 2 is 2.00 bits per heavy atom. The molecule has 0 bridgehead atoms. The van der Waals surface area contributed by atoms with Crippen molar-refractivity contribution >= 4 is 20.3 Å². The predicted octanol–water partition coefficient (Wildman–Crippen LogP) is 2.26. The molecule has 1 aromatic rings. The third-order valence-corrected chi connectivity index (χ3v) is 0.517. The van der Waals surface area contributed by atoms with E-state index < -0.39 is 0 Å². The Morgan fingerprint density at radius 1 is 1.33 bits per heavy atom. The Hall–Kier alpha value is 0.236. The van der Waals surface area contributed by atoms with Crippen molar-refractivity contribution in [1.82, 2.24) is 4.98 Å². The second kappa shape index (κ2) is 8.24. The Bertz CT molecular complexity index is 97.8. The van der Waals surface area contributed by atoms with Gasteiger partial charge in [-0.2, -0.15) is 18.2 Å². The zero-order chi connectivity index (χ0) is 6.95. The minimum absolute atomic E-state index is 0.382. The summed E-state index contributed by atoms with van der Waals surface area (Å²) in [6.45, 7) is 0. The van der Waals surface area contributed by atoms with Gasteiger partial charge >= 0.3 is 33.2 Å². The third kappa shape index (κ3) is 8.24. The maximum absolute atomic E-state index is 4.73. The largest absolute Gasteiger partial charge is 0.394 e. The van der Waals surface area contributed by atoms with E-state index in [2.05, 4.69) is 11.2 Å². The van der Waals surface area contributed by atoms with E-state index in [0.29, 0.717) is 12.9 Å². The molecule has 1 nitrogen and oxygen atoms in total. The minimum Gasteiger partial charge on any atom is -0.394 e. The Morgan fingerprint density at radius 3 is 2.11 bits per heavy atom. The van der Waals surface area contributed by atoms with Crippen LogP contribution in [0.2, 0.25) is 0 Å². The van der Waals surface area contributed by atoms with Crippen LogP contribution in [0.25, 0.3) is 0 Å². The molecule has 0 unspecified atom stereocenters. The number of nitrogens with zero attached hydrogens (tertiary/aromatic N) is 1. The average molecular weight is 208 g/mol. The summed E-state index contributed by atoms with van der Waals surface area (Å²) in [6.07, 6.45) is 4.34. The predicted molar refractivity (Wildman–Crippen MR) is 34.8 cm³/mol. The van der Waals surface area contributed by atoms with Gasteiger partial charge in [0.1, 0.15) is 0 Å². The van der Waals surface area contributed by atoms with Crippen molar-refractivity contribution in [3.63, 3.8) is 0 Å². The SMILES string of the molecule is [Cl][Co+][Cl].[c-]1ccccn1. The molecule has 0 N–H and O–H groups in total. The van der Waals surface area contributed by atoms with Gasteiger partial charge in [-0.25, -0.2) is 0 Å². The quantitative estimate of drug-likeness (QED) is 0.595. The van der Waals surface area contributed by atoms with Crippen LogP contribution in [0.3, 0.4) is 0 Å². The van der Waals surface area contributed by atoms with Gasteiger partial charge in [0.2, 0.25) is 0 Å². The van der Waals surface area contributed by atoms with E-state index in [1.54, 1.807) is 12.3 Å². The second-order valence-electron chi connectivity index (χ2n) is 1.01. The monoisotopic (exact) mass is 207 g/mol. The first-order valence-electron chi connectivity index (χ1n) is 2.02. The van der Waals surface area contributed by atoms with Crippen molar-refractivity contribution in [2.24, 2.45) is 0 Å². The van der Waals surface area contributed by atoms with Gasteiger partial charge in [-0.3, -0.25) is 0 Å². The van der Waals surface area contributed by atoms with E-state index in [1.165, 1.54) is 0 Å². The van der Waals surface area contributed by atoms with Crippen LogP contribution in [-0.2, 0) is 12.9 Å². The average Bonchev–Trinajstić information content (AvgIpc) is 1.93. The van der Waals surface area contributed by atoms with Gasteiger partial charge < -0.3 is 4.98 Å². The molecule has 0 saturated carbocycles. The van der Waals surface area contributed by atoms with Crippen molar-refractivity contribution in [3.8, 4) is 0 Å². The van der Waals surface area contributed by atoms with E-state index in [1.807, 2.05) is 12.1 Å². The fourth-order valence-corrected chi connectivity index (χ4v) is 0.277. The zero-order valence-corrected chi connectivity index (χ0v) is 6.90. The number of halogens is 2. The summed E-state index contributed by atoms with van der Waals surface area (Å²) >= 11 is 0.382. The zero-order valence-electron chi connectivity index (χ0n) is 4.35. The van der Waals surface area contributed by atoms with Gasteiger partial charge in [0.05, 0.1) is 0 Å². The van der Waals surface area contributed by atoms with Crippen LogP contribution in [0.1, 0.15) is 0 Å². The van der Waals surface area contributed by atoms with Crippen molar-refractivity contribution in [1.29, 1.82) is 0 Å². The first-order chi connectivity index (χ1) is 4.41. The van der Waals surface area contributed by atoms with E-state index in [9.17, 15) is 0 Å². The second-order valence-corrected chi connectivity index (χ2v) is 2.73. The number of pyridine rings is 1. The number of rotatable bonds is 0. The van der Waals surface area contributed by atoms with Crippen LogP contribution < -0.4 is 0 Å². The summed E-state index contributed by atoms with van der Waals surface area (Å²) in [7, 11) is 9.47. The first-order valence-corrected chi connectivity index (χ1v) is 4.89. The molecular formula is C5H4Cl2CoN. The number of hydrogen-bond acceptors (Lipinski definition) is 1. The molecule has 0 aromatic carbocycles. The summed E-state index contributed by atoms with van der Waals surface area (Å²) in [5, 5.41) is 0. The minimum atomic E-state index is 0.382. The molecule has 0 aliphatic heterocycles. The molecule has 0 radical (unpaired) electrons. The summed E-state index contributed by atoms with van der Waals surface area (Å²) < 4.78 is 0. The van der Waals surface area contributed by atoms with Crippen LogP contribution >= 0.6 is 20.3 Å². The van der Waals surface area contributed by atoms with Crippen molar-refractivity contribution in [2.75, 3.05) is 0 Å². The molecule has 9 heavy (non-hydrogen) atoms. The summed E-state index contributed by atoms with van der Waals surface area (Å²) in [5.74, 6) is 0. The molecule has 1 heterocycles. The van der Waals surface area contributed by atoms with Gasteiger partial charge in [-0.1, -0.05) is 12.4 Å². The Kier molecular flexibility index (Phi) is 8.45. The van der Waals surface area contributed by atoms with Crippen molar-refractivity contribution in [2.45, 2.75) is 0 Å². The molecule has 0 aliphatic rings. The smallest absolute Gasteiger partial charge is 0.0813 e. The van der Waals surface area contributed by atoms with Crippen LogP contribution in [0.15, 0.2) is 24.4 Å². The van der Waals surface area contributed by atoms with Crippen molar-refractivity contribution < 1.29 is 12.9 Å². The molecule has 0 amide bonds. The first kappa shape index (κ1) is 9.24. The maximum atomic E-state index is 4.73. The fourth-order valence-electron chi connectivity index (χ4n) is 0.277. The van der Waals surface area contributed by atoms with E-state index in [4.69, 9.17) is 20.3 Å². The topological polar surface area (TPSA) is 12.9 Å². The molecule has 0 fully saturated rings. The number of hydrogen-bond donors (Lipinski definition) is 0. The Labute approximate surface area is 68.9 Å². The van der Waals surface area contributed by atoms with Gasteiger partial charge in [0.25, 0.3) is 0 Å². The number of aromatic nitrogens is 1. The van der Waals surface area contributed by atoms with Gasteiger partial charge in [0, 0.05) is 0 Å².